The number of carboxylic acid groups (broad SMARTS) is 1. The Morgan fingerprint density at radius 3 is 2.44 bits per heavy atom. The highest BCUT2D eigenvalue weighted by molar-refractivity contribution is 6.01. The molecule has 0 radical (unpaired) electrons. The van der Waals surface area contributed by atoms with Gasteiger partial charge in [-0.15, -0.1) is 0 Å². The van der Waals surface area contributed by atoms with Crippen LogP contribution in [0, 0.1) is 0 Å². The van der Waals surface area contributed by atoms with Crippen LogP contribution in [0.25, 0.3) is 0 Å². The van der Waals surface area contributed by atoms with Gasteiger partial charge in [0, 0.05) is 17.7 Å². The van der Waals surface area contributed by atoms with Crippen molar-refractivity contribution in [3.63, 3.8) is 0 Å². The van der Waals surface area contributed by atoms with Crippen LogP contribution in [0.4, 0.5) is 0 Å². The topological polar surface area (TPSA) is 66.8 Å². The Labute approximate surface area is 107 Å². The summed E-state index contributed by atoms with van der Waals surface area (Å²) in [6.07, 6.45) is 0.799. The standard InChI is InChI=1S/C13H21NO4/c1-5-11-7-18-8(2)6-14(11)12(15)9(3)10(4)13(16)17/h8,11H,5-7H2,1-4H3,(H,16,17). The molecule has 18 heavy (non-hydrogen) atoms. The van der Waals surface area contributed by atoms with E-state index in [1.807, 2.05) is 13.8 Å². The summed E-state index contributed by atoms with van der Waals surface area (Å²) in [5, 5.41) is 8.92. The highest BCUT2D eigenvalue weighted by Gasteiger charge is 2.30. The number of hydrogen-bond donors (Lipinski definition) is 1. The van der Waals surface area contributed by atoms with Crippen LogP contribution in [0.3, 0.4) is 0 Å². The van der Waals surface area contributed by atoms with Gasteiger partial charge in [-0.2, -0.15) is 0 Å². The summed E-state index contributed by atoms with van der Waals surface area (Å²) in [4.78, 5) is 24.9. The molecule has 1 saturated heterocycles. The number of aliphatic carboxylic acids is 1. The Bertz CT molecular complexity index is 375. The molecule has 1 amide bonds. The third kappa shape index (κ3) is 3.10. The Morgan fingerprint density at radius 1 is 1.33 bits per heavy atom. The fourth-order valence-electron chi connectivity index (χ4n) is 1.97. The predicted octanol–water partition coefficient (Wildman–Crippen LogP) is 1.43. The Hall–Kier alpha value is -1.36. The summed E-state index contributed by atoms with van der Waals surface area (Å²) in [7, 11) is 0. The van der Waals surface area contributed by atoms with Gasteiger partial charge in [0.15, 0.2) is 0 Å². The van der Waals surface area contributed by atoms with Crippen molar-refractivity contribution in [2.45, 2.75) is 46.3 Å². The number of ether oxygens (including phenoxy) is 1. The zero-order valence-corrected chi connectivity index (χ0v) is 11.4. The maximum absolute atomic E-state index is 12.3. The fourth-order valence-corrected chi connectivity index (χ4v) is 1.97. The van der Waals surface area contributed by atoms with Crippen LogP contribution < -0.4 is 0 Å². The minimum Gasteiger partial charge on any atom is -0.478 e. The first kappa shape index (κ1) is 14.7. The number of morpholine rings is 1. The van der Waals surface area contributed by atoms with Gasteiger partial charge >= 0.3 is 5.97 Å². The number of amides is 1. The second-order valence-electron chi connectivity index (χ2n) is 4.72. The molecule has 0 aliphatic carbocycles. The first-order valence-corrected chi connectivity index (χ1v) is 6.21. The van der Waals surface area contributed by atoms with Crippen molar-refractivity contribution in [1.82, 2.24) is 4.90 Å². The molecule has 0 aromatic rings. The minimum absolute atomic E-state index is 0.00492. The van der Waals surface area contributed by atoms with E-state index >= 15 is 0 Å². The van der Waals surface area contributed by atoms with Gasteiger partial charge in [0.05, 0.1) is 18.8 Å². The summed E-state index contributed by atoms with van der Waals surface area (Å²) >= 11 is 0. The van der Waals surface area contributed by atoms with E-state index in [0.29, 0.717) is 18.7 Å². The highest BCUT2D eigenvalue weighted by Crippen LogP contribution is 2.18. The smallest absolute Gasteiger partial charge is 0.331 e. The van der Waals surface area contributed by atoms with E-state index in [0.717, 1.165) is 6.42 Å². The molecule has 5 nitrogen and oxygen atoms in total. The number of nitrogens with zero attached hydrogens (tertiary/aromatic N) is 1. The van der Waals surface area contributed by atoms with E-state index in [2.05, 4.69) is 0 Å². The summed E-state index contributed by atoms with van der Waals surface area (Å²) in [6.45, 7) is 7.96. The molecule has 0 spiro atoms. The van der Waals surface area contributed by atoms with E-state index in [1.54, 1.807) is 11.8 Å². The number of hydrogen-bond acceptors (Lipinski definition) is 3. The fraction of sp³-hybridized carbons (Fsp3) is 0.692. The summed E-state index contributed by atoms with van der Waals surface area (Å²) in [5.41, 5.74) is 0.407. The lowest BCUT2D eigenvalue weighted by molar-refractivity contribution is -0.141. The molecule has 2 atom stereocenters. The molecule has 1 aliphatic rings. The van der Waals surface area contributed by atoms with Crippen molar-refractivity contribution in [2.75, 3.05) is 13.2 Å². The van der Waals surface area contributed by atoms with E-state index in [1.165, 1.54) is 6.92 Å². The third-order valence-electron chi connectivity index (χ3n) is 3.40. The van der Waals surface area contributed by atoms with Crippen LogP contribution in [0.1, 0.15) is 34.1 Å². The molecule has 1 fully saturated rings. The Morgan fingerprint density at radius 2 is 1.94 bits per heavy atom. The van der Waals surface area contributed by atoms with Crippen molar-refractivity contribution >= 4 is 11.9 Å². The van der Waals surface area contributed by atoms with Crippen LogP contribution in [0.15, 0.2) is 11.1 Å². The average molecular weight is 255 g/mol. The molecule has 0 aromatic carbocycles. The number of rotatable bonds is 3. The Kier molecular flexibility index (Phi) is 4.90. The van der Waals surface area contributed by atoms with Gasteiger partial charge in [0.1, 0.15) is 0 Å². The molecule has 1 rings (SSSR count). The normalized spacial score (nSPS) is 25.7. The average Bonchev–Trinajstić information content (AvgIpc) is 2.35. The van der Waals surface area contributed by atoms with E-state index in [4.69, 9.17) is 9.84 Å². The van der Waals surface area contributed by atoms with E-state index in [9.17, 15) is 9.59 Å². The first-order valence-electron chi connectivity index (χ1n) is 6.21. The van der Waals surface area contributed by atoms with E-state index < -0.39 is 5.97 Å². The summed E-state index contributed by atoms with van der Waals surface area (Å²) in [6, 6.07) is 0.0326. The predicted molar refractivity (Wildman–Crippen MR) is 67.2 cm³/mol. The van der Waals surface area contributed by atoms with Crippen LogP contribution in [-0.4, -0.2) is 47.2 Å². The van der Waals surface area contributed by atoms with Gasteiger partial charge in [-0.05, 0) is 27.2 Å². The lowest BCUT2D eigenvalue weighted by Crippen LogP contribution is -2.51. The second-order valence-corrected chi connectivity index (χ2v) is 4.72. The van der Waals surface area contributed by atoms with Crippen molar-refractivity contribution in [1.29, 1.82) is 0 Å². The van der Waals surface area contributed by atoms with Gasteiger partial charge in [0.2, 0.25) is 5.91 Å². The summed E-state index contributed by atoms with van der Waals surface area (Å²) < 4.78 is 5.52. The second kappa shape index (κ2) is 6.00. The third-order valence-corrected chi connectivity index (χ3v) is 3.40. The molecule has 102 valence electrons. The maximum atomic E-state index is 12.3. The Balaban J connectivity index is 2.93. The van der Waals surface area contributed by atoms with Crippen molar-refractivity contribution < 1.29 is 19.4 Å². The van der Waals surface area contributed by atoms with Gasteiger partial charge < -0.3 is 14.7 Å². The van der Waals surface area contributed by atoms with Crippen LogP contribution in [0.5, 0.6) is 0 Å². The molecule has 1 heterocycles. The molecule has 1 aliphatic heterocycles. The van der Waals surface area contributed by atoms with Crippen molar-refractivity contribution in [3.05, 3.63) is 11.1 Å². The molecular formula is C13H21NO4. The van der Waals surface area contributed by atoms with Crippen LogP contribution in [-0.2, 0) is 14.3 Å². The molecule has 0 aromatic heterocycles. The van der Waals surface area contributed by atoms with E-state index in [-0.39, 0.29) is 23.6 Å². The molecular weight excluding hydrogens is 234 g/mol. The molecule has 0 saturated carbocycles. The minimum atomic E-state index is -1.05. The van der Waals surface area contributed by atoms with Gasteiger partial charge in [-0.3, -0.25) is 4.79 Å². The number of carbonyl (C=O) groups is 2. The summed E-state index contributed by atoms with van der Waals surface area (Å²) in [5.74, 6) is -1.24. The molecule has 2 unspecified atom stereocenters. The zero-order valence-electron chi connectivity index (χ0n) is 11.4. The van der Waals surface area contributed by atoms with Gasteiger partial charge in [-0.1, -0.05) is 6.92 Å². The van der Waals surface area contributed by atoms with Gasteiger partial charge in [-0.25, -0.2) is 4.79 Å². The quantitative estimate of drug-likeness (QED) is 0.775. The van der Waals surface area contributed by atoms with Crippen LogP contribution >= 0.6 is 0 Å². The molecule has 0 bridgehead atoms. The SMILES string of the molecule is CCC1COC(C)CN1C(=O)C(C)=C(C)C(=O)O. The van der Waals surface area contributed by atoms with Crippen LogP contribution in [0.2, 0.25) is 0 Å². The molecule has 1 N–H and O–H groups in total. The number of carboxylic acids is 1. The monoisotopic (exact) mass is 255 g/mol. The largest absolute Gasteiger partial charge is 0.478 e. The number of carbonyl (C=O) groups excluding carboxylic acids is 1. The lowest BCUT2D eigenvalue weighted by Gasteiger charge is -2.38. The van der Waals surface area contributed by atoms with Crippen molar-refractivity contribution in [2.24, 2.45) is 0 Å². The zero-order chi connectivity index (χ0) is 13.9. The van der Waals surface area contributed by atoms with Crippen molar-refractivity contribution in [3.8, 4) is 0 Å². The maximum Gasteiger partial charge on any atom is 0.331 e. The first-order chi connectivity index (χ1) is 8.38. The van der Waals surface area contributed by atoms with Gasteiger partial charge in [0.25, 0.3) is 0 Å². The highest BCUT2D eigenvalue weighted by atomic mass is 16.5. The molecule has 5 heteroatoms. The lowest BCUT2D eigenvalue weighted by atomic mass is 10.1.